The SMILES string of the molecule is COc1ccc(OCC(O)CN(Cc2ccc(F)cc2)C2CCS(=O)(=O)C2)cc1. The fourth-order valence-electron chi connectivity index (χ4n) is 3.42. The van der Waals surface area contributed by atoms with Crippen molar-refractivity contribution in [3.8, 4) is 11.5 Å². The molecule has 1 fully saturated rings. The van der Waals surface area contributed by atoms with E-state index in [1.807, 2.05) is 4.90 Å². The number of aliphatic hydroxyl groups is 1. The molecular weight excluding hydrogens is 397 g/mol. The van der Waals surface area contributed by atoms with Gasteiger partial charge in [-0.1, -0.05) is 12.1 Å². The third kappa shape index (κ3) is 6.42. The monoisotopic (exact) mass is 423 g/mol. The van der Waals surface area contributed by atoms with Crippen LogP contribution in [0.3, 0.4) is 0 Å². The largest absolute Gasteiger partial charge is 0.497 e. The molecule has 0 aromatic heterocycles. The highest BCUT2D eigenvalue weighted by molar-refractivity contribution is 7.91. The van der Waals surface area contributed by atoms with Crippen LogP contribution in [0.4, 0.5) is 4.39 Å². The van der Waals surface area contributed by atoms with Crippen molar-refractivity contribution >= 4 is 9.84 Å². The normalized spacial score (nSPS) is 19.2. The van der Waals surface area contributed by atoms with Crippen molar-refractivity contribution in [3.05, 3.63) is 59.9 Å². The maximum atomic E-state index is 13.2. The predicted molar refractivity (Wildman–Crippen MR) is 108 cm³/mol. The van der Waals surface area contributed by atoms with Gasteiger partial charge in [0.2, 0.25) is 0 Å². The summed E-state index contributed by atoms with van der Waals surface area (Å²) in [7, 11) is -1.48. The number of rotatable bonds is 9. The van der Waals surface area contributed by atoms with Crippen molar-refractivity contribution in [2.24, 2.45) is 0 Å². The summed E-state index contributed by atoms with van der Waals surface area (Å²) < 4.78 is 47.8. The molecule has 158 valence electrons. The van der Waals surface area contributed by atoms with Crippen molar-refractivity contribution in [1.82, 2.24) is 4.90 Å². The number of methoxy groups -OCH3 is 1. The van der Waals surface area contributed by atoms with Gasteiger partial charge in [0.1, 0.15) is 30.0 Å². The number of nitrogens with zero attached hydrogens (tertiary/aromatic N) is 1. The van der Waals surface area contributed by atoms with Crippen LogP contribution in [0.25, 0.3) is 0 Å². The fraction of sp³-hybridized carbons (Fsp3) is 0.429. The maximum absolute atomic E-state index is 13.2. The minimum Gasteiger partial charge on any atom is -0.497 e. The summed E-state index contributed by atoms with van der Waals surface area (Å²) in [5, 5.41) is 10.5. The molecule has 0 radical (unpaired) electrons. The van der Waals surface area contributed by atoms with E-state index >= 15 is 0 Å². The lowest BCUT2D eigenvalue weighted by atomic mass is 10.1. The summed E-state index contributed by atoms with van der Waals surface area (Å²) in [4.78, 5) is 1.94. The van der Waals surface area contributed by atoms with E-state index in [2.05, 4.69) is 0 Å². The molecule has 29 heavy (non-hydrogen) atoms. The highest BCUT2D eigenvalue weighted by Gasteiger charge is 2.33. The van der Waals surface area contributed by atoms with Crippen molar-refractivity contribution in [2.75, 3.05) is 31.8 Å². The predicted octanol–water partition coefficient (Wildman–Crippen LogP) is 2.26. The Labute approximate surface area is 170 Å². The lowest BCUT2D eigenvalue weighted by Gasteiger charge is -2.30. The molecule has 0 aliphatic carbocycles. The first-order chi connectivity index (χ1) is 13.8. The van der Waals surface area contributed by atoms with E-state index in [9.17, 15) is 17.9 Å². The molecule has 1 aliphatic heterocycles. The van der Waals surface area contributed by atoms with E-state index in [0.717, 1.165) is 5.56 Å². The molecule has 0 saturated carbocycles. The van der Waals surface area contributed by atoms with Gasteiger partial charge in [-0.15, -0.1) is 0 Å². The summed E-state index contributed by atoms with van der Waals surface area (Å²) in [6.07, 6.45) is -0.281. The Bertz CT molecular complexity index is 886. The molecule has 0 bridgehead atoms. The minimum absolute atomic E-state index is 0.0697. The van der Waals surface area contributed by atoms with Crippen molar-refractivity contribution in [1.29, 1.82) is 0 Å². The Hall–Kier alpha value is -2.16. The Morgan fingerprint density at radius 3 is 2.38 bits per heavy atom. The first-order valence-electron chi connectivity index (χ1n) is 9.48. The number of hydrogen-bond acceptors (Lipinski definition) is 6. The van der Waals surface area contributed by atoms with Gasteiger partial charge < -0.3 is 14.6 Å². The molecule has 2 atom stereocenters. The van der Waals surface area contributed by atoms with Crippen LogP contribution in [0.15, 0.2) is 48.5 Å². The van der Waals surface area contributed by atoms with Crippen LogP contribution in [0.5, 0.6) is 11.5 Å². The molecule has 2 unspecified atom stereocenters. The van der Waals surface area contributed by atoms with E-state index in [-0.39, 0.29) is 36.5 Å². The van der Waals surface area contributed by atoms with Crippen molar-refractivity contribution in [3.63, 3.8) is 0 Å². The second kappa shape index (κ2) is 9.56. The van der Waals surface area contributed by atoms with E-state index in [1.165, 1.54) is 12.1 Å². The topological polar surface area (TPSA) is 76.1 Å². The van der Waals surface area contributed by atoms with Gasteiger partial charge in [-0.3, -0.25) is 4.90 Å². The summed E-state index contributed by atoms with van der Waals surface area (Å²) in [6.45, 7) is 0.763. The van der Waals surface area contributed by atoms with E-state index < -0.39 is 15.9 Å². The quantitative estimate of drug-likeness (QED) is 0.667. The zero-order chi connectivity index (χ0) is 20.9. The molecular formula is C21H26FNO5S. The second-order valence-corrected chi connectivity index (χ2v) is 9.48. The van der Waals surface area contributed by atoms with Gasteiger partial charge in [-0.25, -0.2) is 12.8 Å². The van der Waals surface area contributed by atoms with Gasteiger partial charge in [0.25, 0.3) is 0 Å². The first-order valence-corrected chi connectivity index (χ1v) is 11.3. The summed E-state index contributed by atoms with van der Waals surface area (Å²) in [6, 6.07) is 13.0. The highest BCUT2D eigenvalue weighted by atomic mass is 32.2. The number of benzene rings is 2. The van der Waals surface area contributed by atoms with Gasteiger partial charge in [-0.2, -0.15) is 0 Å². The Kier molecular flexibility index (Phi) is 7.10. The molecule has 0 amide bonds. The van der Waals surface area contributed by atoms with Crippen LogP contribution in [0.2, 0.25) is 0 Å². The molecule has 2 aromatic rings. The van der Waals surface area contributed by atoms with Gasteiger partial charge in [0.15, 0.2) is 9.84 Å². The lowest BCUT2D eigenvalue weighted by molar-refractivity contribution is 0.0524. The van der Waals surface area contributed by atoms with E-state index in [4.69, 9.17) is 9.47 Å². The number of halogens is 1. The first kappa shape index (κ1) is 21.5. The standard InChI is InChI=1S/C21H26FNO5S/c1-27-20-6-8-21(9-7-20)28-14-19(24)13-23(18-10-11-29(25,26)15-18)12-16-2-4-17(22)5-3-16/h2-9,18-19,24H,10-15H2,1H3. The maximum Gasteiger partial charge on any atom is 0.151 e. The molecule has 0 spiro atoms. The Morgan fingerprint density at radius 1 is 1.14 bits per heavy atom. The molecule has 3 rings (SSSR count). The number of hydrogen-bond donors (Lipinski definition) is 1. The summed E-state index contributed by atoms with van der Waals surface area (Å²) >= 11 is 0. The van der Waals surface area contributed by atoms with Crippen LogP contribution in [0, 0.1) is 5.82 Å². The van der Waals surface area contributed by atoms with E-state index in [0.29, 0.717) is 24.5 Å². The molecule has 1 heterocycles. The third-order valence-corrected chi connectivity index (χ3v) is 6.72. The fourth-order valence-corrected chi connectivity index (χ4v) is 5.18. The molecule has 1 aliphatic rings. The molecule has 8 heteroatoms. The molecule has 6 nitrogen and oxygen atoms in total. The number of ether oxygens (including phenoxy) is 2. The van der Waals surface area contributed by atoms with E-state index in [1.54, 1.807) is 43.5 Å². The van der Waals surface area contributed by atoms with Gasteiger partial charge >= 0.3 is 0 Å². The highest BCUT2D eigenvalue weighted by Crippen LogP contribution is 2.21. The Morgan fingerprint density at radius 2 is 1.79 bits per heavy atom. The second-order valence-electron chi connectivity index (χ2n) is 7.25. The van der Waals surface area contributed by atoms with Crippen LogP contribution in [0.1, 0.15) is 12.0 Å². The minimum atomic E-state index is -3.06. The zero-order valence-electron chi connectivity index (χ0n) is 16.3. The zero-order valence-corrected chi connectivity index (χ0v) is 17.1. The average Bonchev–Trinajstić information content (AvgIpc) is 3.07. The molecule has 1 N–H and O–H groups in total. The smallest absolute Gasteiger partial charge is 0.151 e. The summed E-state index contributed by atoms with van der Waals surface area (Å²) in [5.41, 5.74) is 0.860. The number of sulfone groups is 1. The van der Waals surface area contributed by atoms with Crippen LogP contribution in [-0.2, 0) is 16.4 Å². The molecule has 2 aromatic carbocycles. The van der Waals surface area contributed by atoms with Crippen LogP contribution < -0.4 is 9.47 Å². The Balaban J connectivity index is 1.62. The summed E-state index contributed by atoms with van der Waals surface area (Å²) in [5.74, 6) is 1.22. The molecule has 1 saturated heterocycles. The van der Waals surface area contributed by atoms with Crippen LogP contribution in [-0.4, -0.2) is 62.3 Å². The van der Waals surface area contributed by atoms with Crippen molar-refractivity contribution in [2.45, 2.75) is 25.1 Å². The van der Waals surface area contributed by atoms with Gasteiger partial charge in [0.05, 0.1) is 18.6 Å². The third-order valence-electron chi connectivity index (χ3n) is 4.97. The van der Waals surface area contributed by atoms with Crippen molar-refractivity contribution < 1.29 is 27.4 Å². The average molecular weight is 424 g/mol. The van der Waals surface area contributed by atoms with Gasteiger partial charge in [0, 0.05) is 19.1 Å². The lowest BCUT2D eigenvalue weighted by Crippen LogP contribution is -2.42. The van der Waals surface area contributed by atoms with Gasteiger partial charge in [-0.05, 0) is 48.4 Å². The number of aliphatic hydroxyl groups excluding tert-OH is 1. The van der Waals surface area contributed by atoms with Crippen LogP contribution >= 0.6 is 0 Å².